The van der Waals surface area contributed by atoms with Crippen molar-refractivity contribution in [2.45, 2.75) is 54.9 Å². The van der Waals surface area contributed by atoms with E-state index in [4.69, 9.17) is 20.2 Å². The van der Waals surface area contributed by atoms with Gasteiger partial charge in [-0.15, -0.1) is 0 Å². The van der Waals surface area contributed by atoms with Crippen LogP contribution in [0.25, 0.3) is 11.4 Å². The molecule has 4 rings (SSSR count). The molecule has 1 saturated carbocycles. The average molecular weight is 569 g/mol. The molecule has 2 heterocycles. The van der Waals surface area contributed by atoms with Crippen LogP contribution in [0.4, 0.5) is 22.0 Å². The minimum Gasteiger partial charge on any atom is -0.475 e. The smallest absolute Gasteiger partial charge is 0.475 e. The molecule has 1 saturated heterocycles. The molecule has 1 aliphatic carbocycles. The van der Waals surface area contributed by atoms with E-state index in [0.717, 1.165) is 25.2 Å². The number of alkyl halides is 4. The molecule has 0 unspecified atom stereocenters. The van der Waals surface area contributed by atoms with Crippen molar-refractivity contribution in [3.63, 3.8) is 0 Å². The van der Waals surface area contributed by atoms with Crippen molar-refractivity contribution < 1.29 is 49.6 Å². The molecule has 2 aliphatic rings. The molecule has 10 nitrogen and oxygen atoms in total. The number of benzene rings is 1. The number of nitrogens with zero attached hydrogens (tertiary/aromatic N) is 3. The van der Waals surface area contributed by atoms with Crippen molar-refractivity contribution in [1.82, 2.24) is 15.0 Å². The number of carbonyl (C=O) groups excluding carboxylic acids is 1. The van der Waals surface area contributed by atoms with E-state index in [2.05, 4.69) is 10.1 Å². The molecule has 16 heteroatoms. The van der Waals surface area contributed by atoms with Crippen LogP contribution in [-0.2, 0) is 19.4 Å². The van der Waals surface area contributed by atoms with E-state index in [0.29, 0.717) is 25.3 Å². The fourth-order valence-corrected chi connectivity index (χ4v) is 4.45. The van der Waals surface area contributed by atoms with Crippen LogP contribution in [0.1, 0.15) is 37.5 Å². The van der Waals surface area contributed by atoms with Crippen molar-refractivity contribution in [3.05, 3.63) is 29.9 Å². The minimum atomic E-state index is -5.08. The largest absolute Gasteiger partial charge is 0.490 e. The number of carboxylic acids is 1. The van der Waals surface area contributed by atoms with Crippen LogP contribution in [0.5, 0.6) is 0 Å². The first-order valence-electron chi connectivity index (χ1n) is 11.4. The molecular formula is C22H25F5N4O6S. The van der Waals surface area contributed by atoms with Gasteiger partial charge in [0.1, 0.15) is 12.0 Å². The Morgan fingerprint density at radius 2 is 1.89 bits per heavy atom. The van der Waals surface area contributed by atoms with Crippen molar-refractivity contribution in [3.8, 4) is 11.4 Å². The third kappa shape index (κ3) is 7.46. The summed E-state index contributed by atoms with van der Waals surface area (Å²) in [6, 6.07) is 2.46. The molecule has 1 aromatic heterocycles. The zero-order valence-corrected chi connectivity index (χ0v) is 20.8. The van der Waals surface area contributed by atoms with Gasteiger partial charge in [0.15, 0.2) is 9.84 Å². The number of likely N-dealkylation sites (tertiary alicyclic amines) is 1. The number of halogens is 5. The molecule has 1 aromatic carbocycles. The van der Waals surface area contributed by atoms with E-state index >= 15 is 0 Å². The van der Waals surface area contributed by atoms with E-state index in [1.54, 1.807) is 0 Å². The van der Waals surface area contributed by atoms with Crippen molar-refractivity contribution >= 4 is 21.7 Å². The number of amides is 1. The van der Waals surface area contributed by atoms with Crippen LogP contribution >= 0.6 is 0 Å². The fraction of sp³-hybridized carbons (Fsp3) is 0.545. The van der Waals surface area contributed by atoms with Gasteiger partial charge in [-0.2, -0.15) is 18.2 Å². The third-order valence-electron chi connectivity index (χ3n) is 6.06. The van der Waals surface area contributed by atoms with Gasteiger partial charge in [-0.1, -0.05) is 18.0 Å². The van der Waals surface area contributed by atoms with E-state index in [1.807, 2.05) is 0 Å². The molecule has 2 fully saturated rings. The number of sulfone groups is 1. The summed E-state index contributed by atoms with van der Waals surface area (Å²) < 4.78 is 88.4. The second-order valence-electron chi connectivity index (χ2n) is 9.15. The number of aromatic nitrogens is 2. The number of nitrogens with two attached hydrogens (primary N) is 1. The summed E-state index contributed by atoms with van der Waals surface area (Å²) in [5.41, 5.74) is 6.24. The highest BCUT2D eigenvalue weighted by molar-refractivity contribution is 7.90. The van der Waals surface area contributed by atoms with Crippen molar-refractivity contribution in [1.29, 1.82) is 0 Å². The van der Waals surface area contributed by atoms with Gasteiger partial charge < -0.3 is 20.3 Å². The number of rotatable bonds is 7. The predicted molar refractivity (Wildman–Crippen MR) is 121 cm³/mol. The molecule has 0 spiro atoms. The Kier molecular flexibility index (Phi) is 8.75. The maximum atomic E-state index is 14.5. The highest BCUT2D eigenvalue weighted by atomic mass is 32.2. The molecule has 0 bridgehead atoms. The van der Waals surface area contributed by atoms with Gasteiger partial charge in [0.25, 0.3) is 0 Å². The zero-order valence-electron chi connectivity index (χ0n) is 20.0. The quantitative estimate of drug-likeness (QED) is 0.479. The molecular weight excluding hydrogens is 543 g/mol. The summed E-state index contributed by atoms with van der Waals surface area (Å²) in [7, 11) is -3.56. The standard InChI is InChI=1S/C20H24F2N4O4S.C2HF3O2/c1-31(28,29)13-4-5-14(16(22)9-13)18-24-19(30-25-18)15(8-11-2-3-11)17(23)20(27)26-7-6-12(21)10-26;3-2(4,5)1(6)7/h4-5,9,11-12,15,17H,2-3,6-8,10,23H2,1H3;(H,6,7)/t12-,15-,17-;/m0./s1. The maximum absolute atomic E-state index is 14.5. The first-order chi connectivity index (χ1) is 17.6. The molecule has 3 N–H and O–H groups in total. The molecule has 2 aromatic rings. The number of carbonyl (C=O) groups is 2. The Labute approximate surface area is 213 Å². The fourth-order valence-electron chi connectivity index (χ4n) is 3.82. The van der Waals surface area contributed by atoms with Crippen LogP contribution in [0.2, 0.25) is 0 Å². The molecule has 1 aliphatic heterocycles. The number of hydrogen-bond acceptors (Lipinski definition) is 8. The SMILES string of the molecule is CS(=O)(=O)c1ccc(-c2noc([C@@H](CC3CC3)[C@H](N)C(=O)N3CC[C@H](F)C3)n2)c(F)c1.O=C(O)C(F)(F)F. The lowest BCUT2D eigenvalue weighted by Crippen LogP contribution is -2.46. The Balaban J connectivity index is 0.000000505. The Morgan fingerprint density at radius 3 is 2.37 bits per heavy atom. The summed E-state index contributed by atoms with van der Waals surface area (Å²) in [5, 5.41) is 10.9. The highest BCUT2D eigenvalue weighted by Crippen LogP contribution is 2.40. The van der Waals surface area contributed by atoms with Gasteiger partial charge in [0, 0.05) is 12.8 Å². The average Bonchev–Trinajstić information content (AvgIpc) is 3.32. The van der Waals surface area contributed by atoms with Crippen molar-refractivity contribution in [2.75, 3.05) is 19.3 Å². The van der Waals surface area contributed by atoms with Crippen molar-refractivity contribution in [2.24, 2.45) is 11.7 Å². The monoisotopic (exact) mass is 568 g/mol. The van der Waals surface area contributed by atoms with Gasteiger partial charge in [-0.3, -0.25) is 4.79 Å². The third-order valence-corrected chi connectivity index (χ3v) is 7.17. The predicted octanol–water partition coefficient (Wildman–Crippen LogP) is 2.69. The minimum absolute atomic E-state index is 0.0210. The Morgan fingerprint density at radius 1 is 1.26 bits per heavy atom. The lowest BCUT2D eigenvalue weighted by atomic mass is 9.93. The second kappa shape index (κ2) is 11.3. The summed E-state index contributed by atoms with van der Waals surface area (Å²) in [4.78, 5) is 27.2. The van der Waals surface area contributed by atoms with E-state index in [1.165, 1.54) is 17.0 Å². The van der Waals surface area contributed by atoms with E-state index in [-0.39, 0.29) is 34.6 Å². The van der Waals surface area contributed by atoms with Gasteiger partial charge in [0.05, 0.1) is 29.0 Å². The number of hydrogen-bond donors (Lipinski definition) is 2. The van der Waals surface area contributed by atoms with Gasteiger partial charge in [-0.05, 0) is 37.0 Å². The van der Waals surface area contributed by atoms with Crippen LogP contribution in [0.3, 0.4) is 0 Å². The summed E-state index contributed by atoms with van der Waals surface area (Å²) in [5.74, 6) is -4.05. The lowest BCUT2D eigenvalue weighted by Gasteiger charge is -2.25. The molecule has 0 radical (unpaired) electrons. The first kappa shape index (κ1) is 29.4. The summed E-state index contributed by atoms with van der Waals surface area (Å²) in [6.45, 7) is 0.340. The number of carboxylic acid groups (broad SMARTS) is 1. The lowest BCUT2D eigenvalue weighted by molar-refractivity contribution is -0.192. The summed E-state index contributed by atoms with van der Waals surface area (Å²) >= 11 is 0. The van der Waals surface area contributed by atoms with Crippen LogP contribution in [0, 0.1) is 11.7 Å². The second-order valence-corrected chi connectivity index (χ2v) is 11.2. The van der Waals surface area contributed by atoms with Crippen LogP contribution < -0.4 is 5.73 Å². The molecule has 38 heavy (non-hydrogen) atoms. The van der Waals surface area contributed by atoms with E-state index in [9.17, 15) is 35.2 Å². The molecule has 210 valence electrons. The number of aliphatic carboxylic acids is 1. The Hall–Kier alpha value is -3.14. The van der Waals surface area contributed by atoms with E-state index < -0.39 is 45.9 Å². The van der Waals surface area contributed by atoms with Gasteiger partial charge in [0.2, 0.25) is 17.6 Å². The summed E-state index contributed by atoms with van der Waals surface area (Å²) in [6.07, 6.45) is -2.27. The molecule has 3 atom stereocenters. The van der Waals surface area contributed by atoms with Gasteiger partial charge >= 0.3 is 12.1 Å². The van der Waals surface area contributed by atoms with Gasteiger partial charge in [-0.25, -0.2) is 22.0 Å². The molecule has 1 amide bonds. The van der Waals surface area contributed by atoms with Crippen LogP contribution in [0.15, 0.2) is 27.6 Å². The Bertz CT molecular complexity index is 1280. The maximum Gasteiger partial charge on any atom is 0.490 e. The first-order valence-corrected chi connectivity index (χ1v) is 13.3. The zero-order chi connectivity index (χ0) is 28.4. The highest BCUT2D eigenvalue weighted by Gasteiger charge is 2.40. The topological polar surface area (TPSA) is 157 Å². The normalized spacial score (nSPS) is 19.4. The van der Waals surface area contributed by atoms with Crippen LogP contribution in [-0.4, -0.2) is 78.2 Å².